The van der Waals surface area contributed by atoms with Gasteiger partial charge in [0.05, 0.1) is 5.41 Å². The molecule has 1 aliphatic rings. The van der Waals surface area contributed by atoms with Crippen molar-refractivity contribution in [2.75, 3.05) is 13.1 Å². The third-order valence-electron chi connectivity index (χ3n) is 3.54. The Hall–Kier alpha value is -1.29. The molecule has 0 spiro atoms. The fourth-order valence-corrected chi connectivity index (χ4v) is 2.15. The number of carbonyl (C=O) groups excluding carboxylic acids is 1. The number of carbonyl (C=O) groups is 1. The number of aromatic nitrogens is 1. The zero-order chi connectivity index (χ0) is 11.4. The van der Waals surface area contributed by atoms with E-state index in [0.29, 0.717) is 13.1 Å². The van der Waals surface area contributed by atoms with Gasteiger partial charge in [-0.25, -0.2) is 0 Å². The van der Waals surface area contributed by atoms with E-state index >= 15 is 0 Å². The SMILES string of the molecule is NCC1(C(=O)NCCc2cc[nH]c2)CCC1. The highest BCUT2D eigenvalue weighted by Crippen LogP contribution is 2.39. The van der Waals surface area contributed by atoms with E-state index in [-0.39, 0.29) is 11.3 Å². The first-order chi connectivity index (χ1) is 7.77. The van der Waals surface area contributed by atoms with Crippen molar-refractivity contribution in [1.82, 2.24) is 10.3 Å². The summed E-state index contributed by atoms with van der Waals surface area (Å²) in [5.41, 5.74) is 6.64. The van der Waals surface area contributed by atoms with Gasteiger partial charge in [0.25, 0.3) is 0 Å². The molecule has 16 heavy (non-hydrogen) atoms. The number of hydrogen-bond acceptors (Lipinski definition) is 2. The molecule has 1 saturated carbocycles. The highest BCUT2D eigenvalue weighted by molar-refractivity contribution is 5.83. The van der Waals surface area contributed by atoms with Crippen LogP contribution in [0, 0.1) is 5.41 Å². The van der Waals surface area contributed by atoms with Crippen LogP contribution >= 0.6 is 0 Å². The minimum absolute atomic E-state index is 0.136. The molecule has 0 atom stereocenters. The van der Waals surface area contributed by atoms with Gasteiger partial charge in [0.2, 0.25) is 5.91 Å². The zero-order valence-corrected chi connectivity index (χ0v) is 9.46. The molecule has 0 bridgehead atoms. The molecule has 2 rings (SSSR count). The first-order valence-corrected chi connectivity index (χ1v) is 5.87. The van der Waals surface area contributed by atoms with Gasteiger partial charge in [-0.15, -0.1) is 0 Å². The molecule has 4 heteroatoms. The van der Waals surface area contributed by atoms with Crippen molar-refractivity contribution >= 4 is 5.91 Å². The minimum Gasteiger partial charge on any atom is -0.367 e. The number of rotatable bonds is 5. The van der Waals surface area contributed by atoms with Crippen LogP contribution in [0.15, 0.2) is 18.5 Å². The van der Waals surface area contributed by atoms with Crippen LogP contribution in [-0.2, 0) is 11.2 Å². The minimum atomic E-state index is -0.252. The molecule has 88 valence electrons. The van der Waals surface area contributed by atoms with Gasteiger partial charge in [-0.05, 0) is 30.9 Å². The highest BCUT2D eigenvalue weighted by Gasteiger charge is 2.42. The van der Waals surface area contributed by atoms with E-state index in [0.717, 1.165) is 25.7 Å². The van der Waals surface area contributed by atoms with E-state index in [1.54, 1.807) is 0 Å². The lowest BCUT2D eigenvalue weighted by molar-refractivity contribution is -0.135. The number of hydrogen-bond donors (Lipinski definition) is 3. The fourth-order valence-electron chi connectivity index (χ4n) is 2.15. The van der Waals surface area contributed by atoms with E-state index in [9.17, 15) is 4.79 Å². The molecule has 0 radical (unpaired) electrons. The third kappa shape index (κ3) is 2.11. The van der Waals surface area contributed by atoms with Crippen LogP contribution in [0.2, 0.25) is 0 Å². The largest absolute Gasteiger partial charge is 0.367 e. The van der Waals surface area contributed by atoms with Crippen LogP contribution in [0.3, 0.4) is 0 Å². The maximum Gasteiger partial charge on any atom is 0.227 e. The molecule has 0 aliphatic heterocycles. The molecule has 1 amide bonds. The Morgan fingerprint density at radius 3 is 2.88 bits per heavy atom. The zero-order valence-electron chi connectivity index (χ0n) is 9.46. The molecule has 1 aliphatic carbocycles. The van der Waals surface area contributed by atoms with Crippen molar-refractivity contribution in [2.24, 2.45) is 11.1 Å². The molecule has 1 aromatic heterocycles. The molecular weight excluding hydrogens is 202 g/mol. The lowest BCUT2D eigenvalue weighted by Crippen LogP contribution is -2.50. The Morgan fingerprint density at radius 2 is 2.38 bits per heavy atom. The van der Waals surface area contributed by atoms with E-state index < -0.39 is 0 Å². The van der Waals surface area contributed by atoms with E-state index in [4.69, 9.17) is 5.73 Å². The summed E-state index contributed by atoms with van der Waals surface area (Å²) < 4.78 is 0. The van der Waals surface area contributed by atoms with Crippen molar-refractivity contribution in [3.8, 4) is 0 Å². The molecule has 4 N–H and O–H groups in total. The quantitative estimate of drug-likeness (QED) is 0.688. The first-order valence-electron chi connectivity index (χ1n) is 5.87. The van der Waals surface area contributed by atoms with Gasteiger partial charge in [-0.2, -0.15) is 0 Å². The Labute approximate surface area is 95.6 Å². The average molecular weight is 221 g/mol. The second-order valence-corrected chi connectivity index (χ2v) is 4.56. The second kappa shape index (κ2) is 4.70. The predicted molar refractivity (Wildman–Crippen MR) is 62.8 cm³/mol. The topological polar surface area (TPSA) is 70.9 Å². The van der Waals surface area contributed by atoms with Gasteiger partial charge >= 0.3 is 0 Å². The van der Waals surface area contributed by atoms with Crippen LogP contribution < -0.4 is 11.1 Å². The summed E-state index contributed by atoms with van der Waals surface area (Å²) in [5, 5.41) is 2.98. The van der Waals surface area contributed by atoms with Crippen molar-refractivity contribution in [3.05, 3.63) is 24.0 Å². The Bertz CT molecular complexity index is 336. The summed E-state index contributed by atoms with van der Waals surface area (Å²) in [6, 6.07) is 2.02. The van der Waals surface area contributed by atoms with Gasteiger partial charge in [0, 0.05) is 25.5 Å². The normalized spacial score (nSPS) is 17.8. The first kappa shape index (κ1) is 11.2. The number of nitrogens with two attached hydrogens (primary N) is 1. The second-order valence-electron chi connectivity index (χ2n) is 4.56. The lowest BCUT2D eigenvalue weighted by atomic mass is 9.68. The summed E-state index contributed by atoms with van der Waals surface area (Å²) in [6.07, 6.45) is 7.73. The van der Waals surface area contributed by atoms with Crippen molar-refractivity contribution in [3.63, 3.8) is 0 Å². The van der Waals surface area contributed by atoms with Crippen molar-refractivity contribution < 1.29 is 4.79 Å². The van der Waals surface area contributed by atoms with Gasteiger partial charge in [0.15, 0.2) is 0 Å². The summed E-state index contributed by atoms with van der Waals surface area (Å²) >= 11 is 0. The Kier molecular flexibility index (Phi) is 3.29. The molecule has 4 nitrogen and oxygen atoms in total. The van der Waals surface area contributed by atoms with Crippen molar-refractivity contribution in [1.29, 1.82) is 0 Å². The Morgan fingerprint density at radius 1 is 1.56 bits per heavy atom. The van der Waals surface area contributed by atoms with Crippen LogP contribution in [0.5, 0.6) is 0 Å². The number of H-pyrrole nitrogens is 1. The van der Waals surface area contributed by atoms with Crippen LogP contribution in [0.4, 0.5) is 0 Å². The highest BCUT2D eigenvalue weighted by atomic mass is 16.2. The van der Waals surface area contributed by atoms with E-state index in [2.05, 4.69) is 10.3 Å². The molecule has 1 heterocycles. The van der Waals surface area contributed by atoms with Gasteiger partial charge < -0.3 is 16.0 Å². The molecular formula is C12H19N3O. The fraction of sp³-hybridized carbons (Fsp3) is 0.583. The lowest BCUT2D eigenvalue weighted by Gasteiger charge is -2.39. The Balaban J connectivity index is 1.75. The average Bonchev–Trinajstić information content (AvgIpc) is 2.70. The summed E-state index contributed by atoms with van der Waals surface area (Å²) in [7, 11) is 0. The third-order valence-corrected chi connectivity index (χ3v) is 3.54. The predicted octanol–water partition coefficient (Wildman–Crippen LogP) is 0.802. The van der Waals surface area contributed by atoms with Crippen LogP contribution in [-0.4, -0.2) is 24.0 Å². The van der Waals surface area contributed by atoms with E-state index in [1.807, 2.05) is 18.5 Å². The van der Waals surface area contributed by atoms with Crippen LogP contribution in [0.1, 0.15) is 24.8 Å². The number of aromatic amines is 1. The smallest absolute Gasteiger partial charge is 0.227 e. The number of nitrogens with one attached hydrogen (secondary N) is 2. The number of amides is 1. The van der Waals surface area contributed by atoms with Gasteiger partial charge in [0.1, 0.15) is 0 Å². The van der Waals surface area contributed by atoms with Crippen LogP contribution in [0.25, 0.3) is 0 Å². The monoisotopic (exact) mass is 221 g/mol. The summed E-state index contributed by atoms with van der Waals surface area (Å²) in [6.45, 7) is 1.17. The molecule has 0 saturated heterocycles. The molecule has 1 aromatic rings. The molecule has 1 fully saturated rings. The maximum atomic E-state index is 11.9. The standard InChI is InChI=1S/C12H19N3O/c13-9-12(4-1-5-12)11(16)15-7-3-10-2-6-14-8-10/h2,6,8,14H,1,3-5,7,9,13H2,(H,15,16). The van der Waals surface area contributed by atoms with Gasteiger partial charge in [-0.3, -0.25) is 4.79 Å². The van der Waals surface area contributed by atoms with Gasteiger partial charge in [-0.1, -0.05) is 6.42 Å². The van der Waals surface area contributed by atoms with Crippen molar-refractivity contribution in [2.45, 2.75) is 25.7 Å². The maximum absolute atomic E-state index is 11.9. The molecule has 0 unspecified atom stereocenters. The summed E-state index contributed by atoms with van der Waals surface area (Å²) in [4.78, 5) is 14.9. The van der Waals surface area contributed by atoms with E-state index in [1.165, 1.54) is 5.56 Å². The molecule has 0 aromatic carbocycles. The summed E-state index contributed by atoms with van der Waals surface area (Å²) in [5.74, 6) is 0.136.